The second-order valence-corrected chi connectivity index (χ2v) is 9.66. The number of carbonyl (C=O) groups is 1. The lowest BCUT2D eigenvalue weighted by molar-refractivity contribution is -0.286. The van der Waals surface area contributed by atoms with E-state index in [-0.39, 0.29) is 24.4 Å². The molecule has 0 bridgehead atoms. The molecule has 1 atom stereocenters. The molecule has 2 aromatic rings. The Morgan fingerprint density at radius 1 is 1.12 bits per heavy atom. The summed E-state index contributed by atoms with van der Waals surface area (Å²) >= 11 is 0. The Kier molecular flexibility index (Phi) is 7.47. The molecular formula is C25H36N6O3. The Hall–Kier alpha value is -2.59. The molecule has 3 N–H and O–H groups in total. The zero-order valence-electron chi connectivity index (χ0n) is 20.3. The molecule has 2 saturated heterocycles. The predicted octanol–water partition coefficient (Wildman–Crippen LogP) is 2.14. The topological polar surface area (TPSA) is 105 Å². The quantitative estimate of drug-likeness (QED) is 0.574. The third kappa shape index (κ3) is 5.55. The molecule has 0 aromatic carbocycles. The summed E-state index contributed by atoms with van der Waals surface area (Å²) in [7, 11) is 0. The van der Waals surface area contributed by atoms with E-state index in [1.165, 1.54) is 0 Å². The van der Waals surface area contributed by atoms with Crippen molar-refractivity contribution in [2.45, 2.75) is 64.1 Å². The lowest BCUT2D eigenvalue weighted by Crippen LogP contribution is -2.60. The number of nitrogens with zero attached hydrogens (tertiary/aromatic N) is 5. The average molecular weight is 469 g/mol. The maximum atomic E-state index is 12.7. The molecule has 0 aliphatic carbocycles. The van der Waals surface area contributed by atoms with Gasteiger partial charge < -0.3 is 25.3 Å². The van der Waals surface area contributed by atoms with Gasteiger partial charge in [-0.1, -0.05) is 6.07 Å². The molecule has 9 heteroatoms. The predicted molar refractivity (Wildman–Crippen MR) is 131 cm³/mol. The van der Waals surface area contributed by atoms with Crippen LogP contribution in [0.15, 0.2) is 42.7 Å². The normalized spacial score (nSPS) is 22.5. The summed E-state index contributed by atoms with van der Waals surface area (Å²) in [4.78, 5) is 27.6. The second-order valence-electron chi connectivity index (χ2n) is 9.66. The zero-order chi connectivity index (χ0) is 24.3. The largest absolute Gasteiger partial charge is 0.355 e. The highest BCUT2D eigenvalue weighted by Gasteiger charge is 2.44. The van der Waals surface area contributed by atoms with Gasteiger partial charge in [-0.2, -0.15) is 0 Å². The number of hydrogen-bond donors (Lipinski definition) is 3. The first-order valence-electron chi connectivity index (χ1n) is 12.2. The summed E-state index contributed by atoms with van der Waals surface area (Å²) in [6, 6.07) is 9.32. The van der Waals surface area contributed by atoms with E-state index >= 15 is 0 Å². The van der Waals surface area contributed by atoms with E-state index in [2.05, 4.69) is 34.0 Å². The van der Waals surface area contributed by atoms with Crippen molar-refractivity contribution in [2.24, 2.45) is 0 Å². The SMILES string of the molecule is CC(C)N1CCC(N2C(C)CN(c3cccc(C(=O)Nc4ccncc4)n3)CCC2(O)O)CC1. The van der Waals surface area contributed by atoms with Gasteiger partial charge in [-0.15, -0.1) is 0 Å². The van der Waals surface area contributed by atoms with Gasteiger partial charge >= 0.3 is 0 Å². The van der Waals surface area contributed by atoms with Gasteiger partial charge in [-0.05, 0) is 71.0 Å². The van der Waals surface area contributed by atoms with Crippen LogP contribution >= 0.6 is 0 Å². The van der Waals surface area contributed by atoms with Gasteiger partial charge in [0.2, 0.25) is 5.91 Å². The van der Waals surface area contributed by atoms with Crippen molar-refractivity contribution in [3.05, 3.63) is 48.4 Å². The molecule has 9 nitrogen and oxygen atoms in total. The zero-order valence-corrected chi connectivity index (χ0v) is 20.3. The molecule has 1 amide bonds. The van der Waals surface area contributed by atoms with E-state index in [1.54, 1.807) is 30.6 Å². The molecular weight excluding hydrogens is 432 g/mol. The fraction of sp³-hybridized carbons (Fsp3) is 0.560. The Morgan fingerprint density at radius 2 is 1.82 bits per heavy atom. The maximum Gasteiger partial charge on any atom is 0.274 e. The highest BCUT2D eigenvalue weighted by molar-refractivity contribution is 6.03. The number of rotatable bonds is 5. The second kappa shape index (κ2) is 10.4. The van der Waals surface area contributed by atoms with Gasteiger partial charge in [0.1, 0.15) is 11.5 Å². The van der Waals surface area contributed by atoms with Crippen molar-refractivity contribution in [1.29, 1.82) is 0 Å². The van der Waals surface area contributed by atoms with Crippen LogP contribution in [0.5, 0.6) is 0 Å². The number of hydrogen-bond acceptors (Lipinski definition) is 8. The third-order valence-electron chi connectivity index (χ3n) is 6.94. The van der Waals surface area contributed by atoms with Gasteiger partial charge in [0.25, 0.3) is 5.91 Å². The summed E-state index contributed by atoms with van der Waals surface area (Å²) in [6.07, 6.45) is 5.23. The summed E-state index contributed by atoms with van der Waals surface area (Å²) in [6.45, 7) is 9.38. The number of nitrogens with one attached hydrogen (secondary N) is 1. The van der Waals surface area contributed by atoms with Crippen molar-refractivity contribution in [3.8, 4) is 0 Å². The molecule has 2 aliphatic rings. The molecule has 4 rings (SSSR count). The number of pyridine rings is 2. The summed E-state index contributed by atoms with van der Waals surface area (Å²) in [5, 5.41) is 24.9. The van der Waals surface area contributed by atoms with Gasteiger partial charge in [0.05, 0.1) is 0 Å². The molecule has 2 aromatic heterocycles. The van der Waals surface area contributed by atoms with Crippen LogP contribution in [0.4, 0.5) is 11.5 Å². The molecule has 0 saturated carbocycles. The van der Waals surface area contributed by atoms with E-state index in [0.29, 0.717) is 36.3 Å². The van der Waals surface area contributed by atoms with Crippen molar-refractivity contribution >= 4 is 17.4 Å². The van der Waals surface area contributed by atoms with Crippen LogP contribution in [0.25, 0.3) is 0 Å². The van der Waals surface area contributed by atoms with Gasteiger partial charge in [0.15, 0.2) is 0 Å². The maximum absolute atomic E-state index is 12.7. The van der Waals surface area contributed by atoms with Gasteiger partial charge in [-0.25, -0.2) is 9.88 Å². The minimum atomic E-state index is -1.88. The number of anilines is 2. The van der Waals surface area contributed by atoms with Gasteiger partial charge in [-0.3, -0.25) is 9.78 Å². The molecule has 2 aliphatic heterocycles. The summed E-state index contributed by atoms with van der Waals surface area (Å²) < 4.78 is 0. The van der Waals surface area contributed by atoms with Crippen LogP contribution in [-0.4, -0.2) is 86.1 Å². The number of carbonyl (C=O) groups excluding carboxylic acids is 1. The Labute approximate surface area is 201 Å². The molecule has 34 heavy (non-hydrogen) atoms. The van der Waals surface area contributed by atoms with E-state index in [4.69, 9.17) is 0 Å². The van der Waals surface area contributed by atoms with Crippen molar-refractivity contribution in [1.82, 2.24) is 19.8 Å². The fourth-order valence-electron chi connectivity index (χ4n) is 5.16. The Balaban J connectivity index is 1.47. The molecule has 1 unspecified atom stereocenters. The van der Waals surface area contributed by atoms with Crippen molar-refractivity contribution in [2.75, 3.05) is 36.4 Å². The molecule has 0 radical (unpaired) electrons. The first-order chi connectivity index (χ1) is 16.2. The van der Waals surface area contributed by atoms with E-state index in [9.17, 15) is 15.0 Å². The van der Waals surface area contributed by atoms with Crippen LogP contribution in [0.2, 0.25) is 0 Å². The van der Waals surface area contributed by atoms with Crippen molar-refractivity contribution in [3.63, 3.8) is 0 Å². The number of amides is 1. The smallest absolute Gasteiger partial charge is 0.274 e. The average Bonchev–Trinajstić information content (AvgIpc) is 2.94. The Morgan fingerprint density at radius 3 is 2.50 bits per heavy atom. The van der Waals surface area contributed by atoms with Crippen LogP contribution in [-0.2, 0) is 0 Å². The minimum Gasteiger partial charge on any atom is -0.355 e. The fourth-order valence-corrected chi connectivity index (χ4v) is 5.16. The summed E-state index contributed by atoms with van der Waals surface area (Å²) in [5.41, 5.74) is 0.962. The van der Waals surface area contributed by atoms with Crippen LogP contribution in [0, 0.1) is 0 Å². The van der Waals surface area contributed by atoms with E-state index < -0.39 is 5.91 Å². The third-order valence-corrected chi connectivity index (χ3v) is 6.94. The number of likely N-dealkylation sites (tertiary alicyclic amines) is 1. The number of aliphatic hydroxyl groups is 2. The summed E-state index contributed by atoms with van der Waals surface area (Å²) in [5.74, 6) is -1.52. The van der Waals surface area contributed by atoms with E-state index in [0.717, 1.165) is 25.9 Å². The number of aromatic nitrogens is 2. The van der Waals surface area contributed by atoms with Crippen LogP contribution < -0.4 is 10.2 Å². The first-order valence-corrected chi connectivity index (χ1v) is 12.2. The van der Waals surface area contributed by atoms with E-state index in [1.807, 2.05) is 28.9 Å². The van der Waals surface area contributed by atoms with Crippen LogP contribution in [0.3, 0.4) is 0 Å². The molecule has 2 fully saturated rings. The first kappa shape index (κ1) is 24.5. The lowest BCUT2D eigenvalue weighted by Gasteiger charge is -2.46. The van der Waals surface area contributed by atoms with Crippen LogP contribution in [0.1, 0.15) is 50.5 Å². The molecule has 184 valence electrons. The van der Waals surface area contributed by atoms with Gasteiger partial charge in [0, 0.05) is 55.7 Å². The Bertz CT molecular complexity index is 962. The van der Waals surface area contributed by atoms with Crippen molar-refractivity contribution < 1.29 is 15.0 Å². The highest BCUT2D eigenvalue weighted by atomic mass is 16.5. The minimum absolute atomic E-state index is 0.0933. The number of piperidine rings is 1. The highest BCUT2D eigenvalue weighted by Crippen LogP contribution is 2.31. The molecule has 4 heterocycles. The lowest BCUT2D eigenvalue weighted by atomic mass is 9.99. The molecule has 0 spiro atoms. The monoisotopic (exact) mass is 468 g/mol. The standard InChI is InChI=1S/C25H36N6O3/c1-18(2)29-14-9-21(10-15-29)31-19(3)17-30(16-11-25(31,33)34)23-6-4-5-22(28-23)24(32)27-20-7-12-26-13-8-20/h4-8,12-13,18-19,21,33-34H,9-11,14-17H2,1-3H3,(H,26,27,32).